The van der Waals surface area contributed by atoms with E-state index in [0.29, 0.717) is 40.8 Å². The quantitative estimate of drug-likeness (QED) is 0.486. The van der Waals surface area contributed by atoms with Gasteiger partial charge in [-0.15, -0.1) is 11.3 Å². The van der Waals surface area contributed by atoms with Gasteiger partial charge in [-0.1, -0.05) is 12.8 Å². The number of benzene rings is 1. The average molecular weight is 470 g/mol. The van der Waals surface area contributed by atoms with E-state index in [2.05, 4.69) is 10.4 Å². The lowest BCUT2D eigenvalue weighted by molar-refractivity contribution is -0.117. The number of esters is 1. The minimum atomic E-state index is -0.621. The molecular weight excluding hydrogens is 442 g/mol. The summed E-state index contributed by atoms with van der Waals surface area (Å²) >= 11 is 1.21. The lowest BCUT2D eigenvalue weighted by Gasteiger charge is -2.11. The van der Waals surface area contributed by atoms with Crippen LogP contribution in [0.4, 0.5) is 5.00 Å². The Kier molecular flexibility index (Phi) is 7.08. The molecule has 1 fully saturated rings. The maximum atomic E-state index is 13.5. The van der Waals surface area contributed by atoms with Crippen LogP contribution in [-0.4, -0.2) is 34.9 Å². The first kappa shape index (κ1) is 23.0. The second-order valence-corrected chi connectivity index (χ2v) is 8.85. The number of carbonyl (C=O) groups is 2. The number of rotatable bonds is 8. The molecule has 0 radical (unpaired) electrons. The maximum Gasteiger partial charge on any atom is 0.359 e. The Hall–Kier alpha value is -3.20. The van der Waals surface area contributed by atoms with Crippen LogP contribution in [0.2, 0.25) is 0 Å². The number of amides is 1. The van der Waals surface area contributed by atoms with E-state index in [1.807, 2.05) is 6.92 Å². The van der Waals surface area contributed by atoms with E-state index in [1.54, 1.807) is 36.6 Å². The fourth-order valence-electron chi connectivity index (χ4n) is 4.17. The van der Waals surface area contributed by atoms with Crippen molar-refractivity contribution in [3.8, 4) is 11.4 Å². The molecule has 1 N–H and O–H groups in total. The zero-order valence-electron chi connectivity index (χ0n) is 18.8. The van der Waals surface area contributed by atoms with Crippen molar-refractivity contribution in [2.45, 2.75) is 46.0 Å². The molecule has 3 aromatic rings. The molecule has 0 aliphatic heterocycles. The average Bonchev–Trinajstić information content (AvgIpc) is 3.46. The van der Waals surface area contributed by atoms with Gasteiger partial charge in [-0.05, 0) is 56.9 Å². The summed E-state index contributed by atoms with van der Waals surface area (Å²) in [5, 5.41) is 9.95. The Labute approximate surface area is 195 Å². The van der Waals surface area contributed by atoms with Gasteiger partial charge in [0.1, 0.15) is 10.8 Å². The Morgan fingerprint density at radius 3 is 2.55 bits per heavy atom. The van der Waals surface area contributed by atoms with Crippen LogP contribution >= 0.6 is 11.3 Å². The second-order valence-electron chi connectivity index (χ2n) is 7.97. The van der Waals surface area contributed by atoms with Gasteiger partial charge in [0.25, 0.3) is 5.56 Å². The van der Waals surface area contributed by atoms with E-state index >= 15 is 0 Å². The van der Waals surface area contributed by atoms with Crippen molar-refractivity contribution in [1.29, 1.82) is 0 Å². The van der Waals surface area contributed by atoms with Crippen LogP contribution < -0.4 is 15.6 Å². The van der Waals surface area contributed by atoms with E-state index in [9.17, 15) is 14.4 Å². The Balaban J connectivity index is 1.76. The van der Waals surface area contributed by atoms with Crippen LogP contribution in [0.25, 0.3) is 16.5 Å². The Morgan fingerprint density at radius 1 is 1.15 bits per heavy atom. The predicted molar refractivity (Wildman–Crippen MR) is 128 cm³/mol. The number of aromatic nitrogens is 2. The van der Waals surface area contributed by atoms with Gasteiger partial charge in [-0.3, -0.25) is 9.59 Å². The van der Waals surface area contributed by atoms with E-state index in [-0.39, 0.29) is 23.6 Å². The Bertz CT molecular complexity index is 1210. The molecule has 1 aromatic carbocycles. The molecule has 0 unspecified atom stereocenters. The van der Waals surface area contributed by atoms with Crippen LogP contribution in [0, 0.1) is 5.92 Å². The third-order valence-electron chi connectivity index (χ3n) is 5.72. The molecule has 1 aliphatic carbocycles. The molecule has 0 bridgehead atoms. The number of ether oxygens (including phenoxy) is 2. The van der Waals surface area contributed by atoms with E-state index in [0.717, 1.165) is 25.7 Å². The van der Waals surface area contributed by atoms with Gasteiger partial charge >= 0.3 is 5.97 Å². The lowest BCUT2D eigenvalue weighted by atomic mass is 10.0. The molecule has 1 saturated carbocycles. The monoisotopic (exact) mass is 469 g/mol. The van der Waals surface area contributed by atoms with Crippen LogP contribution in [0.5, 0.6) is 5.75 Å². The highest BCUT2D eigenvalue weighted by Crippen LogP contribution is 2.32. The number of hydrogen-bond donors (Lipinski definition) is 1. The summed E-state index contributed by atoms with van der Waals surface area (Å²) in [5.41, 5.74) is 0.0952. The summed E-state index contributed by atoms with van der Waals surface area (Å²) in [5.74, 6) is 0.306. The summed E-state index contributed by atoms with van der Waals surface area (Å²) in [6, 6.07) is 6.87. The largest absolute Gasteiger partial charge is 0.494 e. The van der Waals surface area contributed by atoms with Gasteiger partial charge < -0.3 is 14.8 Å². The van der Waals surface area contributed by atoms with Crippen molar-refractivity contribution in [2.75, 3.05) is 18.5 Å². The van der Waals surface area contributed by atoms with Gasteiger partial charge in [0.05, 0.1) is 24.3 Å². The van der Waals surface area contributed by atoms with Crippen molar-refractivity contribution in [1.82, 2.24) is 9.78 Å². The number of hydrogen-bond acceptors (Lipinski definition) is 7. The van der Waals surface area contributed by atoms with Crippen LogP contribution in [0.15, 0.2) is 34.4 Å². The van der Waals surface area contributed by atoms with E-state index < -0.39 is 11.5 Å². The minimum Gasteiger partial charge on any atom is -0.494 e. The van der Waals surface area contributed by atoms with Crippen LogP contribution in [0.1, 0.15) is 56.4 Å². The van der Waals surface area contributed by atoms with Crippen molar-refractivity contribution in [3.63, 3.8) is 0 Å². The zero-order valence-corrected chi connectivity index (χ0v) is 19.6. The first-order chi connectivity index (χ1) is 16.0. The number of nitrogens with one attached hydrogen (secondary N) is 1. The smallest absolute Gasteiger partial charge is 0.359 e. The minimum absolute atomic E-state index is 0.0351. The van der Waals surface area contributed by atoms with Gasteiger partial charge in [-0.25, -0.2) is 4.79 Å². The third kappa shape index (κ3) is 4.93. The van der Waals surface area contributed by atoms with Gasteiger partial charge in [0, 0.05) is 17.2 Å². The summed E-state index contributed by atoms with van der Waals surface area (Å²) in [6.07, 6.45) is 4.85. The van der Waals surface area contributed by atoms with Gasteiger partial charge in [-0.2, -0.15) is 9.78 Å². The van der Waals surface area contributed by atoms with Gasteiger partial charge in [0.15, 0.2) is 5.69 Å². The zero-order chi connectivity index (χ0) is 23.4. The number of carbonyl (C=O) groups excluding carboxylic acids is 2. The standard InChI is InChI=1S/C24H27N3O5S/c1-3-31-17-11-9-16(10-12-17)27-23(29)20-18(21(26-27)24(30)32-4-2)14-33-22(20)25-19(28)13-15-7-5-6-8-15/h9-12,14-15H,3-8,13H2,1-2H3,(H,25,28). The molecule has 1 aliphatic rings. The fourth-order valence-corrected chi connectivity index (χ4v) is 5.12. The lowest BCUT2D eigenvalue weighted by Crippen LogP contribution is -2.25. The normalized spacial score (nSPS) is 13.9. The highest BCUT2D eigenvalue weighted by atomic mass is 32.1. The topological polar surface area (TPSA) is 99.5 Å². The first-order valence-electron chi connectivity index (χ1n) is 11.3. The van der Waals surface area contributed by atoms with Crippen molar-refractivity contribution in [3.05, 3.63) is 45.7 Å². The molecule has 2 aromatic heterocycles. The molecule has 0 saturated heterocycles. The summed E-state index contributed by atoms with van der Waals surface area (Å²) in [7, 11) is 0. The summed E-state index contributed by atoms with van der Waals surface area (Å²) in [6.45, 7) is 4.30. The Morgan fingerprint density at radius 2 is 1.88 bits per heavy atom. The van der Waals surface area contributed by atoms with E-state index in [4.69, 9.17) is 9.47 Å². The molecule has 9 heteroatoms. The third-order valence-corrected chi connectivity index (χ3v) is 6.61. The second kappa shape index (κ2) is 10.2. The first-order valence-corrected chi connectivity index (χ1v) is 12.1. The fraction of sp³-hybridized carbons (Fsp3) is 0.417. The number of nitrogens with zero attached hydrogens (tertiary/aromatic N) is 2. The molecule has 0 spiro atoms. The summed E-state index contributed by atoms with van der Waals surface area (Å²) < 4.78 is 11.8. The molecular formula is C24H27N3O5S. The highest BCUT2D eigenvalue weighted by Gasteiger charge is 2.24. The molecule has 2 heterocycles. The maximum absolute atomic E-state index is 13.5. The number of anilines is 1. The number of fused-ring (bicyclic) bond motifs is 1. The van der Waals surface area contributed by atoms with Crippen molar-refractivity contribution >= 4 is 39.0 Å². The van der Waals surface area contributed by atoms with Crippen molar-refractivity contribution < 1.29 is 19.1 Å². The SMILES string of the molecule is CCOC(=O)c1nn(-c2ccc(OCC)cc2)c(=O)c2c(NC(=O)CC3CCCC3)scc12. The molecule has 33 heavy (non-hydrogen) atoms. The van der Waals surface area contributed by atoms with Gasteiger partial charge in [0.2, 0.25) is 5.91 Å². The highest BCUT2D eigenvalue weighted by molar-refractivity contribution is 7.16. The summed E-state index contributed by atoms with van der Waals surface area (Å²) in [4.78, 5) is 38.8. The predicted octanol–water partition coefficient (Wildman–Crippen LogP) is 4.54. The molecule has 4 rings (SSSR count). The van der Waals surface area contributed by atoms with Crippen LogP contribution in [-0.2, 0) is 9.53 Å². The van der Waals surface area contributed by atoms with Crippen molar-refractivity contribution in [2.24, 2.45) is 5.92 Å². The molecule has 0 atom stereocenters. The van der Waals surface area contributed by atoms with E-state index in [1.165, 1.54) is 16.0 Å². The van der Waals surface area contributed by atoms with Crippen LogP contribution in [0.3, 0.4) is 0 Å². The number of thiophene rings is 1. The molecule has 1 amide bonds. The molecule has 8 nitrogen and oxygen atoms in total. The molecule has 174 valence electrons.